The van der Waals surface area contributed by atoms with Gasteiger partial charge in [-0.15, -0.1) is 0 Å². The maximum atomic E-state index is 13.6. The van der Waals surface area contributed by atoms with Crippen LogP contribution in [0.3, 0.4) is 0 Å². The highest BCUT2D eigenvalue weighted by molar-refractivity contribution is 7.92. The maximum Gasteiger partial charge on any atom is 0.335 e. The third-order valence-electron chi connectivity index (χ3n) is 15.2. The third kappa shape index (κ3) is 16.6. The Hall–Kier alpha value is -8.52. The van der Waals surface area contributed by atoms with E-state index in [1.54, 1.807) is 48.5 Å². The van der Waals surface area contributed by atoms with Crippen LogP contribution in [0.15, 0.2) is 130 Å². The van der Waals surface area contributed by atoms with E-state index in [9.17, 15) is 44.8 Å². The number of carboxylic acid groups (broad SMARTS) is 2. The van der Waals surface area contributed by atoms with Crippen molar-refractivity contribution in [2.24, 2.45) is 0 Å². The van der Waals surface area contributed by atoms with Gasteiger partial charge >= 0.3 is 11.9 Å². The molecule has 2 amide bonds. The van der Waals surface area contributed by atoms with Crippen molar-refractivity contribution in [2.45, 2.75) is 50.4 Å². The lowest BCUT2D eigenvalue weighted by atomic mass is 10.0. The highest BCUT2D eigenvalue weighted by Crippen LogP contribution is 2.50. The molecule has 2 aliphatic carbocycles. The van der Waals surface area contributed by atoms with Gasteiger partial charge in [0.05, 0.1) is 112 Å². The van der Waals surface area contributed by atoms with Crippen LogP contribution in [-0.4, -0.2) is 143 Å². The number of halogens is 2. The number of nitrogens with one attached hydrogen (secondary N) is 2. The minimum absolute atomic E-state index is 0.0554. The van der Waals surface area contributed by atoms with Gasteiger partial charge in [-0.05, 0) is 158 Å². The molecule has 0 saturated heterocycles. The standard InChI is InChI=1S/2C33H35FN2O8S/c1-35-32(37)30-27-19-26(22-7-8-22)28(20-29(27)44-31(30)23-9-11-25(34)12-10-23)36(45(2,40)41)14-16-43-18-17-42-15-13-21-3-5-24(6-4-21)33(38)39;1-35-32(37)30-27-19-26(22-6-7-22)28(20-29(27)44-31(30)23-8-10-25(34)11-9-23)36(45(2,40)41)13-15-43-17-16-42-14-12-21-4-3-5-24(18-21)33(38)39/h3-6,9-12,19-20,22H,7-8,13-18H2,1-2H3,(H,35,37)(H,38,39);3-5,8-11,18-20,22H,6-7,12-17H2,1-2H3,(H,35,37)(H,38,39). The van der Waals surface area contributed by atoms with E-state index in [0.29, 0.717) is 88.2 Å². The number of hydrogen-bond acceptors (Lipinski definition) is 14. The zero-order valence-corrected chi connectivity index (χ0v) is 51.7. The summed E-state index contributed by atoms with van der Waals surface area (Å²) in [5.74, 6) is -2.70. The number of aromatic carboxylic acids is 2. The Labute approximate surface area is 519 Å². The number of nitrogens with zero attached hydrogens (tertiary/aromatic N) is 2. The van der Waals surface area contributed by atoms with E-state index >= 15 is 0 Å². The van der Waals surface area contributed by atoms with Crippen LogP contribution in [0.25, 0.3) is 44.6 Å². The Kier molecular flexibility index (Phi) is 21.5. The largest absolute Gasteiger partial charge is 0.478 e. The number of furan rings is 2. The van der Waals surface area contributed by atoms with Crippen molar-refractivity contribution in [3.8, 4) is 22.6 Å². The molecule has 0 spiro atoms. The van der Waals surface area contributed by atoms with Gasteiger partial charge in [0, 0.05) is 48.1 Å². The monoisotopic (exact) mass is 1280 g/mol. The molecule has 2 fully saturated rings. The van der Waals surface area contributed by atoms with Crippen molar-refractivity contribution in [3.05, 3.63) is 177 Å². The molecule has 476 valence electrons. The molecule has 0 aliphatic heterocycles. The van der Waals surface area contributed by atoms with E-state index in [2.05, 4.69) is 10.6 Å². The molecule has 0 unspecified atom stereocenters. The third-order valence-corrected chi connectivity index (χ3v) is 17.6. The molecular formula is C66H70F2N4O16S2. The summed E-state index contributed by atoms with van der Waals surface area (Å²) in [6, 6.07) is 31.6. The van der Waals surface area contributed by atoms with Gasteiger partial charge in [0.2, 0.25) is 20.0 Å². The molecular weight excluding hydrogens is 1210 g/mol. The van der Waals surface area contributed by atoms with E-state index < -0.39 is 43.6 Å². The fraction of sp³-hybridized carbons (Fsp3) is 0.333. The van der Waals surface area contributed by atoms with Gasteiger partial charge in [0.15, 0.2) is 0 Å². The molecule has 6 aromatic carbocycles. The summed E-state index contributed by atoms with van der Waals surface area (Å²) in [7, 11) is -4.40. The van der Waals surface area contributed by atoms with Gasteiger partial charge < -0.3 is 48.6 Å². The zero-order valence-electron chi connectivity index (χ0n) is 50.1. The molecule has 2 saturated carbocycles. The van der Waals surface area contributed by atoms with Crippen molar-refractivity contribution >= 4 is 77.1 Å². The van der Waals surface area contributed by atoms with Crippen LogP contribution in [0.2, 0.25) is 0 Å². The average Bonchev–Trinajstić information content (AvgIpc) is 1.60. The lowest BCUT2D eigenvalue weighted by molar-refractivity contribution is 0.0521. The average molecular weight is 1280 g/mol. The van der Waals surface area contributed by atoms with Crippen LogP contribution < -0.4 is 19.2 Å². The van der Waals surface area contributed by atoms with Gasteiger partial charge in [-0.1, -0.05) is 24.3 Å². The lowest BCUT2D eigenvalue weighted by Gasteiger charge is -2.25. The van der Waals surface area contributed by atoms with Crippen LogP contribution in [-0.2, 0) is 51.8 Å². The van der Waals surface area contributed by atoms with Crippen LogP contribution >= 0.6 is 0 Å². The maximum absolute atomic E-state index is 13.6. The topological polar surface area (TPSA) is 271 Å². The SMILES string of the molecule is CNC(=O)c1c(-c2ccc(F)cc2)oc2cc(N(CCOCCOCCc3ccc(C(=O)O)cc3)S(C)(=O)=O)c(C3CC3)cc12.CNC(=O)c1c(-c2ccc(F)cc2)oc2cc(N(CCOCCOCCc3cccc(C(=O)O)c3)S(C)(=O)=O)c(C3CC3)cc12. The van der Waals surface area contributed by atoms with E-state index in [1.807, 2.05) is 18.2 Å². The van der Waals surface area contributed by atoms with Gasteiger partial charge in [-0.3, -0.25) is 18.2 Å². The predicted octanol–water partition coefficient (Wildman–Crippen LogP) is 10.4. The summed E-state index contributed by atoms with van der Waals surface area (Å²) in [4.78, 5) is 48.1. The second-order valence-corrected chi connectivity index (χ2v) is 25.6. The Morgan fingerprint density at radius 1 is 0.511 bits per heavy atom. The minimum Gasteiger partial charge on any atom is -0.478 e. The van der Waals surface area contributed by atoms with Crippen LogP contribution in [0.5, 0.6) is 0 Å². The molecule has 4 N–H and O–H groups in total. The van der Waals surface area contributed by atoms with Crippen molar-refractivity contribution in [1.82, 2.24) is 10.6 Å². The summed E-state index contributed by atoms with van der Waals surface area (Å²) in [6.45, 7) is 2.27. The minimum atomic E-state index is -3.72. The van der Waals surface area contributed by atoms with E-state index in [0.717, 1.165) is 60.4 Å². The number of anilines is 2. The van der Waals surface area contributed by atoms with E-state index in [1.165, 1.54) is 77.3 Å². The molecule has 0 radical (unpaired) electrons. The predicted molar refractivity (Wildman–Crippen MR) is 336 cm³/mol. The number of carboxylic acids is 2. The summed E-state index contributed by atoms with van der Waals surface area (Å²) >= 11 is 0. The molecule has 8 aromatic rings. The first-order valence-corrected chi connectivity index (χ1v) is 32.9. The van der Waals surface area contributed by atoms with Crippen LogP contribution in [0.1, 0.15) is 101 Å². The quantitative estimate of drug-likeness (QED) is 0.0305. The fourth-order valence-electron chi connectivity index (χ4n) is 10.4. The number of benzene rings is 6. The molecule has 0 atom stereocenters. The zero-order chi connectivity index (χ0) is 64.3. The van der Waals surface area contributed by atoms with Crippen molar-refractivity contribution in [2.75, 3.05) is 101 Å². The van der Waals surface area contributed by atoms with E-state index in [4.69, 9.17) is 38.0 Å². The van der Waals surface area contributed by atoms with Crippen molar-refractivity contribution in [3.63, 3.8) is 0 Å². The number of carbonyl (C=O) groups excluding carboxylic acids is 2. The number of sulfonamides is 2. The Morgan fingerprint density at radius 3 is 1.29 bits per heavy atom. The first-order chi connectivity index (χ1) is 43.1. The summed E-state index contributed by atoms with van der Waals surface area (Å²) in [5.41, 5.74) is 7.15. The molecule has 2 aromatic heterocycles. The second kappa shape index (κ2) is 29.4. The van der Waals surface area contributed by atoms with Gasteiger partial charge in [-0.2, -0.15) is 0 Å². The summed E-state index contributed by atoms with van der Waals surface area (Å²) in [5, 5.41) is 24.5. The van der Waals surface area contributed by atoms with Crippen molar-refractivity contribution in [1.29, 1.82) is 0 Å². The summed E-state index contributed by atoms with van der Waals surface area (Å²) in [6.07, 6.45) is 7.01. The number of amides is 2. The smallest absolute Gasteiger partial charge is 0.335 e. The highest BCUT2D eigenvalue weighted by Gasteiger charge is 2.35. The highest BCUT2D eigenvalue weighted by atomic mass is 32.2. The molecule has 24 heteroatoms. The number of rotatable bonds is 30. The molecule has 2 heterocycles. The number of hydrogen-bond donors (Lipinski definition) is 4. The molecule has 2 aliphatic rings. The Bertz CT molecular complexity index is 4110. The van der Waals surface area contributed by atoms with Crippen LogP contribution in [0.4, 0.5) is 20.2 Å². The first-order valence-electron chi connectivity index (χ1n) is 29.2. The number of ether oxygens (including phenoxy) is 4. The number of carbonyl (C=O) groups is 4. The lowest BCUT2D eigenvalue weighted by Crippen LogP contribution is -2.34. The van der Waals surface area contributed by atoms with Gasteiger partial charge in [0.25, 0.3) is 11.8 Å². The fourth-order valence-corrected chi connectivity index (χ4v) is 12.2. The van der Waals surface area contributed by atoms with Crippen molar-refractivity contribution < 1.29 is 82.8 Å². The van der Waals surface area contributed by atoms with E-state index in [-0.39, 0.29) is 92.4 Å². The molecule has 90 heavy (non-hydrogen) atoms. The van der Waals surface area contributed by atoms with Crippen LogP contribution in [0, 0.1) is 11.6 Å². The second-order valence-electron chi connectivity index (χ2n) is 21.8. The first kappa shape index (κ1) is 65.9. The Balaban J connectivity index is 0.000000213. The Morgan fingerprint density at radius 2 is 0.911 bits per heavy atom. The molecule has 0 bridgehead atoms. The van der Waals surface area contributed by atoms with Gasteiger partial charge in [-0.25, -0.2) is 35.2 Å². The molecule has 20 nitrogen and oxygen atoms in total. The van der Waals surface area contributed by atoms with Gasteiger partial charge in [0.1, 0.15) is 34.3 Å². The normalized spacial score (nSPS) is 13.2. The molecule has 10 rings (SSSR count). The number of fused-ring (bicyclic) bond motifs is 2. The summed E-state index contributed by atoms with van der Waals surface area (Å²) < 4.78 is 117.